The van der Waals surface area contributed by atoms with Gasteiger partial charge in [0, 0.05) is 37.3 Å². The number of benzene rings is 1. The van der Waals surface area contributed by atoms with Crippen molar-refractivity contribution in [1.82, 2.24) is 19.7 Å². The number of pyridine rings is 1. The monoisotopic (exact) mass is 505 g/mol. The van der Waals surface area contributed by atoms with Crippen LogP contribution < -0.4 is 5.32 Å². The molecule has 0 unspecified atom stereocenters. The first-order valence-electron chi connectivity index (χ1n) is 11.8. The van der Waals surface area contributed by atoms with E-state index in [1.54, 1.807) is 29.9 Å². The van der Waals surface area contributed by atoms with Crippen molar-refractivity contribution in [2.24, 2.45) is 11.8 Å². The number of aryl methyl sites for hydroxylation is 1. The number of carbonyl (C=O) groups is 2. The van der Waals surface area contributed by atoms with Crippen molar-refractivity contribution in [3.8, 4) is 11.8 Å². The fourth-order valence-corrected chi connectivity index (χ4v) is 5.42. The Hall–Kier alpha value is -3.70. The number of amides is 2. The van der Waals surface area contributed by atoms with E-state index >= 15 is 0 Å². The van der Waals surface area contributed by atoms with Gasteiger partial charge in [0.15, 0.2) is 0 Å². The molecule has 2 fully saturated rings. The van der Waals surface area contributed by atoms with Crippen molar-refractivity contribution in [3.63, 3.8) is 0 Å². The molecule has 1 N–H and O–H groups in total. The number of nitrogens with one attached hydrogen (secondary N) is 1. The molecule has 3 aromatic rings. The van der Waals surface area contributed by atoms with E-state index in [4.69, 9.17) is 11.6 Å². The van der Waals surface area contributed by atoms with Crippen LogP contribution in [0.4, 0.5) is 10.2 Å². The first-order valence-corrected chi connectivity index (χ1v) is 12.2. The molecule has 0 bridgehead atoms. The van der Waals surface area contributed by atoms with Crippen LogP contribution in [0.3, 0.4) is 0 Å². The fourth-order valence-electron chi connectivity index (χ4n) is 5.21. The predicted octanol–water partition coefficient (Wildman–Crippen LogP) is 4.46. The molecule has 0 spiro atoms. The highest BCUT2D eigenvalue weighted by Crippen LogP contribution is 2.44. The Morgan fingerprint density at radius 2 is 1.83 bits per heavy atom. The Morgan fingerprint density at radius 3 is 2.50 bits per heavy atom. The molecule has 3 heterocycles. The Morgan fingerprint density at radius 1 is 1.11 bits per heavy atom. The number of carbonyl (C=O) groups excluding carboxylic acids is 2. The van der Waals surface area contributed by atoms with Gasteiger partial charge in [-0.3, -0.25) is 14.3 Å². The van der Waals surface area contributed by atoms with Gasteiger partial charge in [0.25, 0.3) is 5.91 Å². The molecule has 9 heteroatoms. The van der Waals surface area contributed by atoms with Crippen molar-refractivity contribution in [3.05, 3.63) is 75.9 Å². The first-order chi connectivity index (χ1) is 17.3. The summed E-state index contributed by atoms with van der Waals surface area (Å²) in [5.41, 5.74) is 2.26. The van der Waals surface area contributed by atoms with Crippen molar-refractivity contribution in [1.29, 1.82) is 0 Å². The third-order valence-electron chi connectivity index (χ3n) is 6.97. The number of halogens is 2. The van der Waals surface area contributed by atoms with Crippen LogP contribution in [0.25, 0.3) is 0 Å². The number of nitrogens with zero attached hydrogens (tertiary/aromatic N) is 4. The predicted molar refractivity (Wildman–Crippen MR) is 134 cm³/mol. The maximum atomic E-state index is 13.4. The molecule has 184 valence electrons. The largest absolute Gasteiger partial charge is 0.342 e. The van der Waals surface area contributed by atoms with Crippen molar-refractivity contribution in [2.45, 2.75) is 32.7 Å². The molecule has 0 radical (unpaired) electrons. The van der Waals surface area contributed by atoms with Crippen molar-refractivity contribution in [2.75, 3.05) is 18.4 Å². The number of hydrogen-bond donors (Lipinski definition) is 1. The van der Waals surface area contributed by atoms with Crippen LogP contribution in [0.15, 0.2) is 42.7 Å². The third-order valence-corrected chi connectivity index (χ3v) is 7.25. The number of fused-ring (bicyclic) bond motifs is 1. The van der Waals surface area contributed by atoms with E-state index in [0.717, 1.165) is 31.5 Å². The minimum Gasteiger partial charge on any atom is -0.342 e. The van der Waals surface area contributed by atoms with Gasteiger partial charge in [-0.25, -0.2) is 9.37 Å². The van der Waals surface area contributed by atoms with Crippen molar-refractivity contribution < 1.29 is 14.0 Å². The lowest BCUT2D eigenvalue weighted by atomic mass is 10.0. The summed E-state index contributed by atoms with van der Waals surface area (Å²) in [4.78, 5) is 31.2. The number of aromatic nitrogens is 3. The standard InChI is InChI=1S/C27H25ClFN5O2/c1-16-8-19(7-6-18-4-3-5-22(29)9-18)12-30-26(16)32-27(36)25-24(28)13-31-34(25)23-10-20-14-33(17(2)35)15-21(20)11-23/h3-5,8-9,12-13,20-21,23H,10-11,14-15H2,1-2H3,(H,30,32,36)/t20-,21+,23+. The minimum atomic E-state index is -0.380. The maximum Gasteiger partial charge on any atom is 0.276 e. The van der Waals surface area contributed by atoms with Gasteiger partial charge >= 0.3 is 0 Å². The molecule has 1 aromatic carbocycles. The average Bonchev–Trinajstić information content (AvgIpc) is 3.52. The SMILES string of the molecule is CC(=O)N1C[C@H]2C[C@H](n3ncc(Cl)c3C(=O)Nc3ncc(C#Cc4cccc(F)c4)cc3C)C[C@H]2C1. The molecule has 1 saturated heterocycles. The molecule has 5 rings (SSSR count). The molecule has 36 heavy (non-hydrogen) atoms. The molecule has 2 aromatic heterocycles. The zero-order valence-corrected chi connectivity index (χ0v) is 20.7. The Bertz CT molecular complexity index is 1390. The number of rotatable bonds is 3. The molecule has 3 atom stereocenters. The van der Waals surface area contributed by atoms with Gasteiger partial charge < -0.3 is 10.2 Å². The second-order valence-corrected chi connectivity index (χ2v) is 9.87. The Kier molecular flexibility index (Phi) is 6.50. The molecule has 1 aliphatic heterocycles. The van der Waals surface area contributed by atoms with Gasteiger partial charge in [-0.15, -0.1) is 0 Å². The molecule has 1 aliphatic carbocycles. The molecule has 7 nitrogen and oxygen atoms in total. The van der Waals surface area contributed by atoms with E-state index in [1.165, 1.54) is 18.3 Å². The normalized spacial score (nSPS) is 20.6. The topological polar surface area (TPSA) is 80.1 Å². The smallest absolute Gasteiger partial charge is 0.276 e. The average molecular weight is 506 g/mol. The summed E-state index contributed by atoms with van der Waals surface area (Å²) in [6, 6.07) is 7.94. The zero-order valence-electron chi connectivity index (χ0n) is 20.0. The fraction of sp³-hybridized carbons (Fsp3) is 0.333. The highest BCUT2D eigenvalue weighted by Gasteiger charge is 2.43. The van der Waals surface area contributed by atoms with Crippen LogP contribution in [0.1, 0.15) is 53.0 Å². The van der Waals surface area contributed by atoms with Gasteiger partial charge in [0.2, 0.25) is 5.91 Å². The molecule has 1 saturated carbocycles. The van der Waals surface area contributed by atoms with Gasteiger partial charge in [0.1, 0.15) is 17.3 Å². The van der Waals surface area contributed by atoms with E-state index in [9.17, 15) is 14.0 Å². The highest BCUT2D eigenvalue weighted by atomic mass is 35.5. The van der Waals surface area contributed by atoms with Gasteiger partial charge in [0.05, 0.1) is 17.3 Å². The quantitative estimate of drug-likeness (QED) is 0.533. The molecular formula is C27H25ClFN5O2. The lowest BCUT2D eigenvalue weighted by Gasteiger charge is -2.19. The molecule has 2 amide bonds. The van der Waals surface area contributed by atoms with E-state index in [1.807, 2.05) is 17.9 Å². The zero-order chi connectivity index (χ0) is 25.4. The summed E-state index contributed by atoms with van der Waals surface area (Å²) >= 11 is 6.38. The number of anilines is 1. The van der Waals surface area contributed by atoms with E-state index in [-0.39, 0.29) is 28.7 Å². The third kappa shape index (κ3) is 4.84. The van der Waals surface area contributed by atoms with Gasteiger partial charge in [-0.1, -0.05) is 29.5 Å². The molecular weight excluding hydrogens is 481 g/mol. The van der Waals surface area contributed by atoms with Gasteiger partial charge in [-0.2, -0.15) is 5.10 Å². The number of likely N-dealkylation sites (tertiary alicyclic amines) is 1. The summed E-state index contributed by atoms with van der Waals surface area (Å²) in [7, 11) is 0. The number of hydrogen-bond acceptors (Lipinski definition) is 4. The van der Waals surface area contributed by atoms with E-state index in [0.29, 0.717) is 34.5 Å². The Balaban J connectivity index is 1.29. The van der Waals surface area contributed by atoms with Crippen LogP contribution in [0.5, 0.6) is 0 Å². The van der Waals surface area contributed by atoms with Crippen LogP contribution >= 0.6 is 11.6 Å². The Labute approximate surface area is 213 Å². The molecule has 2 aliphatic rings. The van der Waals surface area contributed by atoms with E-state index < -0.39 is 0 Å². The second-order valence-electron chi connectivity index (χ2n) is 9.46. The summed E-state index contributed by atoms with van der Waals surface area (Å²) in [5, 5.41) is 7.55. The van der Waals surface area contributed by atoms with Crippen LogP contribution in [0, 0.1) is 36.4 Å². The van der Waals surface area contributed by atoms with Crippen LogP contribution in [0.2, 0.25) is 5.02 Å². The summed E-state index contributed by atoms with van der Waals surface area (Å²) in [6.07, 6.45) is 4.76. The lowest BCUT2D eigenvalue weighted by molar-refractivity contribution is -0.128. The summed E-state index contributed by atoms with van der Waals surface area (Å²) < 4.78 is 15.1. The summed E-state index contributed by atoms with van der Waals surface area (Å²) in [5.74, 6) is 6.49. The second kappa shape index (κ2) is 9.75. The van der Waals surface area contributed by atoms with Gasteiger partial charge in [-0.05, 0) is 61.4 Å². The minimum absolute atomic E-state index is 0.0527. The first kappa shape index (κ1) is 24.0. The van der Waals surface area contributed by atoms with Crippen LogP contribution in [-0.2, 0) is 4.79 Å². The highest BCUT2D eigenvalue weighted by molar-refractivity contribution is 6.34. The van der Waals surface area contributed by atoms with E-state index in [2.05, 4.69) is 27.2 Å². The maximum absolute atomic E-state index is 13.4. The summed E-state index contributed by atoms with van der Waals surface area (Å²) in [6.45, 7) is 4.94. The van der Waals surface area contributed by atoms with Crippen LogP contribution in [-0.4, -0.2) is 44.6 Å². The van der Waals surface area contributed by atoms with Crippen molar-refractivity contribution >= 4 is 29.2 Å². The lowest BCUT2D eigenvalue weighted by Crippen LogP contribution is -2.28.